The molecule has 3 aromatic rings. The molecule has 0 unspecified atom stereocenters. The Balaban J connectivity index is 2.00. The number of nitrogens with zero attached hydrogens (tertiary/aromatic N) is 2. The molecule has 0 spiro atoms. The summed E-state index contributed by atoms with van der Waals surface area (Å²) in [5.41, 5.74) is 0.197. The van der Waals surface area contributed by atoms with Crippen molar-refractivity contribution in [3.8, 4) is 17.2 Å². The minimum atomic E-state index is -0.573. The number of nitrogens with one attached hydrogen (secondary N) is 1. The number of rotatable bonds is 5. The van der Waals surface area contributed by atoms with Gasteiger partial charge in [-0.15, -0.1) is 0 Å². The second-order valence-electron chi connectivity index (χ2n) is 5.47. The molecule has 0 fully saturated rings. The average molecular weight is 369 g/mol. The van der Waals surface area contributed by atoms with Crippen molar-refractivity contribution in [2.75, 3.05) is 19.5 Å². The molecule has 0 aliphatic carbocycles. The fourth-order valence-corrected chi connectivity index (χ4v) is 2.41. The summed E-state index contributed by atoms with van der Waals surface area (Å²) in [6, 6.07) is 13.1. The Bertz CT molecular complexity index is 1030. The number of hydrogen-bond donors (Lipinski definition) is 1. The maximum absolute atomic E-state index is 13.1. The lowest BCUT2D eigenvalue weighted by molar-refractivity contribution is 0.101. The smallest absolute Gasteiger partial charge is 0.280 e. The topological polar surface area (TPSA) is 82.5 Å². The van der Waals surface area contributed by atoms with E-state index in [2.05, 4.69) is 10.4 Å². The molecule has 1 amide bonds. The lowest BCUT2D eigenvalue weighted by atomic mass is 10.2. The number of carbonyl (C=O) groups excluding carboxylic acids is 1. The molecule has 0 saturated carbocycles. The summed E-state index contributed by atoms with van der Waals surface area (Å²) in [5, 5.41) is 6.77. The minimum absolute atomic E-state index is 0.0266. The molecule has 0 radical (unpaired) electrons. The van der Waals surface area contributed by atoms with Crippen LogP contribution < -0.4 is 20.3 Å². The molecule has 1 N–H and O–H groups in total. The number of carbonyl (C=O) groups is 1. The lowest BCUT2D eigenvalue weighted by Gasteiger charge is -2.12. The van der Waals surface area contributed by atoms with Gasteiger partial charge in [0.2, 0.25) is 0 Å². The van der Waals surface area contributed by atoms with E-state index in [1.165, 1.54) is 38.5 Å². The van der Waals surface area contributed by atoms with E-state index >= 15 is 0 Å². The molecular weight excluding hydrogens is 353 g/mol. The van der Waals surface area contributed by atoms with E-state index in [1.807, 2.05) is 0 Å². The van der Waals surface area contributed by atoms with Crippen LogP contribution in [-0.2, 0) is 0 Å². The summed E-state index contributed by atoms with van der Waals surface area (Å²) >= 11 is 0. The largest absolute Gasteiger partial charge is 0.497 e. The molecule has 27 heavy (non-hydrogen) atoms. The Kier molecular flexibility index (Phi) is 5.16. The van der Waals surface area contributed by atoms with Gasteiger partial charge in [0.25, 0.3) is 11.5 Å². The van der Waals surface area contributed by atoms with Crippen molar-refractivity contribution in [1.82, 2.24) is 9.78 Å². The zero-order valence-corrected chi connectivity index (χ0v) is 14.6. The number of methoxy groups -OCH3 is 2. The summed E-state index contributed by atoms with van der Waals surface area (Å²) in [5.74, 6) is -0.421. The van der Waals surface area contributed by atoms with E-state index in [9.17, 15) is 14.0 Å². The highest BCUT2D eigenvalue weighted by Gasteiger charge is 2.18. The summed E-state index contributed by atoms with van der Waals surface area (Å²) in [6.07, 6.45) is 0. The molecule has 1 heterocycles. The molecule has 8 heteroatoms. The molecule has 138 valence electrons. The highest BCUT2D eigenvalue weighted by molar-refractivity contribution is 6.04. The first-order chi connectivity index (χ1) is 13.0. The normalized spacial score (nSPS) is 10.3. The van der Waals surface area contributed by atoms with E-state index in [1.54, 1.807) is 24.3 Å². The molecule has 0 bridgehead atoms. The van der Waals surface area contributed by atoms with Gasteiger partial charge in [0.15, 0.2) is 11.4 Å². The molecule has 2 aromatic carbocycles. The standard InChI is InChI=1S/C19H16FN3O4/c1-26-15-5-3-4-13(10-15)21-19(25)18-16(27-2)11-17(24)23(22-18)14-8-6-12(20)7-9-14/h3-11H,1-2H3,(H,21,25). The van der Waals surface area contributed by atoms with Crippen LogP contribution in [0.4, 0.5) is 10.1 Å². The minimum Gasteiger partial charge on any atom is -0.497 e. The van der Waals surface area contributed by atoms with E-state index < -0.39 is 17.3 Å². The number of amides is 1. The maximum atomic E-state index is 13.1. The van der Waals surface area contributed by atoms with Gasteiger partial charge in [0, 0.05) is 11.8 Å². The van der Waals surface area contributed by atoms with Crippen LogP contribution in [0, 0.1) is 5.82 Å². The van der Waals surface area contributed by atoms with Gasteiger partial charge in [-0.1, -0.05) is 6.07 Å². The molecular formula is C19H16FN3O4. The quantitative estimate of drug-likeness (QED) is 0.748. The van der Waals surface area contributed by atoms with Crippen LogP contribution in [0.2, 0.25) is 0 Å². The second-order valence-corrected chi connectivity index (χ2v) is 5.47. The van der Waals surface area contributed by atoms with Crippen LogP contribution in [-0.4, -0.2) is 29.9 Å². The van der Waals surface area contributed by atoms with E-state index in [0.29, 0.717) is 17.1 Å². The lowest BCUT2D eigenvalue weighted by Crippen LogP contribution is -2.26. The molecule has 1 aromatic heterocycles. The zero-order valence-electron chi connectivity index (χ0n) is 14.6. The highest BCUT2D eigenvalue weighted by atomic mass is 19.1. The van der Waals surface area contributed by atoms with Crippen LogP contribution in [0.25, 0.3) is 5.69 Å². The fourth-order valence-electron chi connectivity index (χ4n) is 2.41. The third kappa shape index (κ3) is 3.95. The SMILES string of the molecule is COc1cccc(NC(=O)c2nn(-c3ccc(F)cc3)c(=O)cc2OC)c1. The van der Waals surface area contributed by atoms with Crippen LogP contribution in [0.3, 0.4) is 0 Å². The van der Waals surface area contributed by atoms with E-state index in [0.717, 1.165) is 10.7 Å². The van der Waals surface area contributed by atoms with Crippen molar-refractivity contribution < 1.29 is 18.7 Å². The number of hydrogen-bond acceptors (Lipinski definition) is 5. The average Bonchev–Trinajstić information content (AvgIpc) is 2.68. The Labute approximate surface area is 154 Å². The Morgan fingerprint density at radius 1 is 1.07 bits per heavy atom. The van der Waals surface area contributed by atoms with Crippen LogP contribution in [0.1, 0.15) is 10.5 Å². The summed E-state index contributed by atoms with van der Waals surface area (Å²) in [4.78, 5) is 25.0. The maximum Gasteiger partial charge on any atom is 0.280 e. The monoisotopic (exact) mass is 369 g/mol. The van der Waals surface area contributed by atoms with Gasteiger partial charge in [-0.05, 0) is 36.4 Å². The molecule has 0 aliphatic rings. The molecule has 7 nitrogen and oxygen atoms in total. The predicted molar refractivity (Wildman–Crippen MR) is 97.3 cm³/mol. The summed E-state index contributed by atoms with van der Waals surface area (Å²) in [6.45, 7) is 0. The van der Waals surface area contributed by atoms with Gasteiger partial charge in [-0.3, -0.25) is 9.59 Å². The van der Waals surface area contributed by atoms with Crippen molar-refractivity contribution >= 4 is 11.6 Å². The highest BCUT2D eigenvalue weighted by Crippen LogP contribution is 2.20. The van der Waals surface area contributed by atoms with E-state index in [-0.39, 0.29) is 11.4 Å². The molecule has 0 atom stereocenters. The van der Waals surface area contributed by atoms with Crippen molar-refractivity contribution in [1.29, 1.82) is 0 Å². The first-order valence-electron chi connectivity index (χ1n) is 7.91. The van der Waals surface area contributed by atoms with Crippen LogP contribution >= 0.6 is 0 Å². The molecule has 0 aliphatic heterocycles. The first-order valence-corrected chi connectivity index (χ1v) is 7.91. The number of aromatic nitrogens is 2. The van der Waals surface area contributed by atoms with Crippen molar-refractivity contribution in [2.24, 2.45) is 0 Å². The summed E-state index contributed by atoms with van der Waals surface area (Å²) < 4.78 is 24.4. The van der Waals surface area contributed by atoms with Gasteiger partial charge in [0.1, 0.15) is 11.6 Å². The fraction of sp³-hybridized carbons (Fsp3) is 0.105. The van der Waals surface area contributed by atoms with Crippen LogP contribution in [0.15, 0.2) is 59.4 Å². The van der Waals surface area contributed by atoms with Gasteiger partial charge in [-0.2, -0.15) is 9.78 Å². The van der Waals surface area contributed by atoms with Gasteiger partial charge in [0.05, 0.1) is 26.0 Å². The Morgan fingerprint density at radius 3 is 2.48 bits per heavy atom. The van der Waals surface area contributed by atoms with Gasteiger partial charge < -0.3 is 14.8 Å². The second kappa shape index (κ2) is 7.69. The third-order valence-electron chi connectivity index (χ3n) is 3.73. The number of anilines is 1. The molecule has 3 rings (SSSR count). The van der Waals surface area contributed by atoms with Crippen molar-refractivity contribution in [3.05, 3.63) is 76.5 Å². The van der Waals surface area contributed by atoms with Gasteiger partial charge in [-0.25, -0.2) is 4.39 Å². The van der Waals surface area contributed by atoms with Crippen molar-refractivity contribution in [3.63, 3.8) is 0 Å². The first kappa shape index (κ1) is 18.1. The zero-order chi connectivity index (χ0) is 19.4. The predicted octanol–water partition coefficient (Wildman–Crippen LogP) is 2.64. The third-order valence-corrected chi connectivity index (χ3v) is 3.73. The number of halogens is 1. The van der Waals surface area contributed by atoms with E-state index in [4.69, 9.17) is 9.47 Å². The number of benzene rings is 2. The Morgan fingerprint density at radius 2 is 1.81 bits per heavy atom. The molecule has 0 saturated heterocycles. The Hall–Kier alpha value is -3.68. The summed E-state index contributed by atoms with van der Waals surface area (Å²) in [7, 11) is 2.85. The van der Waals surface area contributed by atoms with Crippen molar-refractivity contribution in [2.45, 2.75) is 0 Å². The number of ether oxygens (including phenoxy) is 2. The van der Waals surface area contributed by atoms with Gasteiger partial charge >= 0.3 is 0 Å². The van der Waals surface area contributed by atoms with Crippen LogP contribution in [0.5, 0.6) is 11.5 Å².